The number of carbonyl (C=O) groups is 2. The van der Waals surface area contributed by atoms with E-state index in [0.717, 1.165) is 5.69 Å². The van der Waals surface area contributed by atoms with Gasteiger partial charge in [0.05, 0.1) is 0 Å². The van der Waals surface area contributed by atoms with Gasteiger partial charge < -0.3 is 19.7 Å². The molecule has 3 aromatic rings. The van der Waals surface area contributed by atoms with Gasteiger partial charge in [0.1, 0.15) is 11.7 Å². The molecule has 0 unspecified atom stereocenters. The van der Waals surface area contributed by atoms with Gasteiger partial charge in [0.2, 0.25) is 0 Å². The van der Waals surface area contributed by atoms with Crippen molar-refractivity contribution in [2.75, 3.05) is 31.1 Å². The van der Waals surface area contributed by atoms with E-state index in [1.165, 1.54) is 0 Å². The Balaban J connectivity index is 1.69. The molecule has 1 fully saturated rings. The Morgan fingerprint density at radius 2 is 1.70 bits per heavy atom. The number of anilines is 1. The Labute approximate surface area is 178 Å². The van der Waals surface area contributed by atoms with Gasteiger partial charge in [-0.15, -0.1) is 0 Å². The van der Waals surface area contributed by atoms with E-state index >= 15 is 0 Å². The van der Waals surface area contributed by atoms with Crippen LogP contribution in [0.2, 0.25) is 5.02 Å². The average molecular weight is 428 g/mol. The van der Waals surface area contributed by atoms with Crippen LogP contribution in [0.3, 0.4) is 0 Å². The zero-order valence-electron chi connectivity index (χ0n) is 16.5. The Morgan fingerprint density at radius 3 is 2.33 bits per heavy atom. The van der Waals surface area contributed by atoms with Gasteiger partial charge in [-0.3, -0.25) is 9.69 Å². The second kappa shape index (κ2) is 8.01. The topological polar surface area (TPSA) is 86.0 Å². The third-order valence-corrected chi connectivity index (χ3v) is 5.94. The lowest BCUT2D eigenvalue weighted by Crippen LogP contribution is -2.49. The van der Waals surface area contributed by atoms with Crippen LogP contribution in [0.5, 0.6) is 0 Å². The molecule has 0 spiro atoms. The molecule has 0 saturated carbocycles. The molecule has 1 aliphatic rings. The lowest BCUT2D eigenvalue weighted by atomic mass is 10.00. The lowest BCUT2D eigenvalue weighted by Gasteiger charge is -2.39. The summed E-state index contributed by atoms with van der Waals surface area (Å²) in [7, 11) is 1.66. The Morgan fingerprint density at radius 1 is 1.00 bits per heavy atom. The van der Waals surface area contributed by atoms with Crippen molar-refractivity contribution in [1.29, 1.82) is 0 Å². The van der Waals surface area contributed by atoms with Gasteiger partial charge in [-0.2, -0.15) is 0 Å². The van der Waals surface area contributed by atoms with E-state index in [0.29, 0.717) is 47.7 Å². The molecule has 156 valence electrons. The molecule has 0 aliphatic carbocycles. The molecule has 0 radical (unpaired) electrons. The third-order valence-electron chi connectivity index (χ3n) is 5.71. The second-order valence-electron chi connectivity index (χ2n) is 7.39. The molecule has 1 aromatic heterocycles. The predicted molar refractivity (Wildman–Crippen MR) is 115 cm³/mol. The number of aryl methyl sites for hydroxylation is 1. The molecular weight excluding hydrogens is 406 g/mol. The minimum atomic E-state index is -1.13. The Hall–Kier alpha value is -3.03. The van der Waals surface area contributed by atoms with Crippen molar-refractivity contribution in [3.8, 4) is 0 Å². The minimum Gasteiger partial charge on any atom is -0.480 e. The molecule has 4 rings (SSSR count). The van der Waals surface area contributed by atoms with E-state index in [-0.39, 0.29) is 5.69 Å². The number of aromatic nitrogens is 1. The summed E-state index contributed by atoms with van der Waals surface area (Å²) in [5, 5.41) is 21.2. The van der Waals surface area contributed by atoms with Gasteiger partial charge in [-0.05, 0) is 24.3 Å². The van der Waals surface area contributed by atoms with E-state index < -0.39 is 18.0 Å². The molecule has 0 amide bonds. The van der Waals surface area contributed by atoms with Crippen LogP contribution in [0.15, 0.2) is 48.5 Å². The molecule has 30 heavy (non-hydrogen) atoms. The average Bonchev–Trinajstić information content (AvgIpc) is 3.01. The number of carboxylic acid groups (broad SMARTS) is 2. The van der Waals surface area contributed by atoms with E-state index in [2.05, 4.69) is 4.90 Å². The van der Waals surface area contributed by atoms with Crippen LogP contribution in [-0.2, 0) is 11.8 Å². The maximum Gasteiger partial charge on any atom is 0.352 e. The molecule has 2 heterocycles. The van der Waals surface area contributed by atoms with E-state index in [1.54, 1.807) is 29.8 Å². The molecule has 7 nitrogen and oxygen atoms in total. The van der Waals surface area contributed by atoms with Crippen molar-refractivity contribution < 1.29 is 19.8 Å². The van der Waals surface area contributed by atoms with Gasteiger partial charge in [0.15, 0.2) is 0 Å². The van der Waals surface area contributed by atoms with Gasteiger partial charge in [0.25, 0.3) is 0 Å². The first-order valence-electron chi connectivity index (χ1n) is 9.66. The zero-order chi connectivity index (χ0) is 21.4. The highest BCUT2D eigenvalue weighted by atomic mass is 35.5. The van der Waals surface area contributed by atoms with Crippen LogP contribution in [0.4, 0.5) is 5.69 Å². The summed E-state index contributed by atoms with van der Waals surface area (Å²) < 4.78 is 1.56. The highest BCUT2D eigenvalue weighted by molar-refractivity contribution is 6.30. The van der Waals surface area contributed by atoms with Crippen LogP contribution in [0, 0.1) is 0 Å². The number of hydrogen-bond acceptors (Lipinski definition) is 4. The minimum absolute atomic E-state index is 0.0147. The summed E-state index contributed by atoms with van der Waals surface area (Å²) in [6.07, 6.45) is 0. The van der Waals surface area contributed by atoms with E-state index in [9.17, 15) is 19.8 Å². The third kappa shape index (κ3) is 3.51. The van der Waals surface area contributed by atoms with Crippen molar-refractivity contribution in [1.82, 2.24) is 9.47 Å². The fourth-order valence-electron chi connectivity index (χ4n) is 4.33. The number of aromatic carboxylic acids is 1. The summed E-state index contributed by atoms with van der Waals surface area (Å²) in [4.78, 5) is 28.4. The van der Waals surface area contributed by atoms with Crippen molar-refractivity contribution in [3.63, 3.8) is 0 Å². The molecular formula is C22H22ClN3O4. The lowest BCUT2D eigenvalue weighted by molar-refractivity contribution is -0.143. The van der Waals surface area contributed by atoms with Crippen LogP contribution in [0.1, 0.15) is 22.1 Å². The van der Waals surface area contributed by atoms with Gasteiger partial charge >= 0.3 is 11.9 Å². The maximum absolute atomic E-state index is 12.3. The fraction of sp³-hybridized carbons (Fsp3) is 0.273. The summed E-state index contributed by atoms with van der Waals surface area (Å²) in [5.74, 6) is -2.18. The number of fused-ring (bicyclic) bond motifs is 1. The summed E-state index contributed by atoms with van der Waals surface area (Å²) in [6.45, 7) is 2.23. The van der Waals surface area contributed by atoms with Crippen LogP contribution >= 0.6 is 11.6 Å². The van der Waals surface area contributed by atoms with E-state index in [4.69, 9.17) is 11.6 Å². The molecule has 2 aromatic carbocycles. The van der Waals surface area contributed by atoms with Crippen LogP contribution in [-0.4, -0.2) is 57.8 Å². The van der Waals surface area contributed by atoms with Crippen molar-refractivity contribution in [3.05, 3.63) is 64.8 Å². The number of nitrogens with zero attached hydrogens (tertiary/aromatic N) is 3. The largest absolute Gasteiger partial charge is 0.480 e. The number of benzene rings is 2. The molecule has 2 N–H and O–H groups in total. The van der Waals surface area contributed by atoms with E-state index in [1.807, 2.05) is 35.2 Å². The van der Waals surface area contributed by atoms with Crippen molar-refractivity contribution >= 4 is 40.1 Å². The highest BCUT2D eigenvalue weighted by Gasteiger charge is 2.36. The maximum atomic E-state index is 12.3. The predicted octanol–water partition coefficient (Wildman–Crippen LogP) is 3.48. The SMILES string of the molecule is Cn1c(C(=O)O)c([C@H](C(=O)O)N2CCN(c3cccc(Cl)c3)CC2)c2ccccc21. The number of carboxylic acids is 2. The molecule has 1 atom stereocenters. The standard InChI is InChI=1S/C22H22ClN3O4/c1-24-17-8-3-2-7-16(17)18(19(24)21(27)28)20(22(29)30)26-11-9-25(10-12-26)15-6-4-5-14(23)13-15/h2-8,13,20H,9-12H2,1H3,(H,27,28)(H,29,30)/t20-/m1/s1. The number of para-hydroxylation sites is 1. The first-order valence-corrected chi connectivity index (χ1v) is 10.0. The number of halogens is 1. The number of piperazine rings is 1. The van der Waals surface area contributed by atoms with Gasteiger partial charge in [-0.1, -0.05) is 35.9 Å². The van der Waals surface area contributed by atoms with Crippen molar-refractivity contribution in [2.24, 2.45) is 7.05 Å². The fourth-order valence-corrected chi connectivity index (χ4v) is 4.52. The zero-order valence-corrected chi connectivity index (χ0v) is 17.2. The molecule has 0 bridgehead atoms. The summed E-state index contributed by atoms with van der Waals surface area (Å²) in [6, 6.07) is 13.7. The number of hydrogen-bond donors (Lipinski definition) is 2. The Bertz CT molecular complexity index is 1120. The van der Waals surface area contributed by atoms with Gasteiger partial charge in [-0.25, -0.2) is 4.79 Å². The summed E-state index contributed by atoms with van der Waals surface area (Å²) in [5.41, 5.74) is 2.05. The quantitative estimate of drug-likeness (QED) is 0.648. The first kappa shape index (κ1) is 20.3. The number of rotatable bonds is 5. The normalized spacial score (nSPS) is 16.0. The second-order valence-corrected chi connectivity index (χ2v) is 7.82. The Kier molecular flexibility index (Phi) is 5.40. The van der Waals surface area contributed by atoms with Gasteiger partial charge in [0, 0.05) is 60.4 Å². The molecule has 8 heteroatoms. The highest BCUT2D eigenvalue weighted by Crippen LogP contribution is 2.35. The van der Waals surface area contributed by atoms with Crippen LogP contribution < -0.4 is 4.90 Å². The molecule has 1 aliphatic heterocycles. The first-order chi connectivity index (χ1) is 14.4. The van der Waals surface area contributed by atoms with Crippen molar-refractivity contribution in [2.45, 2.75) is 6.04 Å². The van der Waals surface area contributed by atoms with Crippen LogP contribution in [0.25, 0.3) is 10.9 Å². The molecule has 1 saturated heterocycles. The summed E-state index contributed by atoms with van der Waals surface area (Å²) >= 11 is 6.10. The number of aliphatic carboxylic acids is 1. The monoisotopic (exact) mass is 427 g/mol. The smallest absolute Gasteiger partial charge is 0.352 e.